The predicted octanol–water partition coefficient (Wildman–Crippen LogP) is 6.38. The third-order valence-electron chi connectivity index (χ3n) is 5.08. The van der Waals surface area contributed by atoms with Gasteiger partial charge >= 0.3 is 0 Å². The first-order valence-electron chi connectivity index (χ1n) is 9.78. The summed E-state index contributed by atoms with van der Waals surface area (Å²) >= 11 is 0. The van der Waals surface area contributed by atoms with E-state index in [4.69, 9.17) is 0 Å². The Labute approximate surface area is 174 Å². The Hall–Kier alpha value is -3.59. The number of halogens is 2. The van der Waals surface area contributed by atoms with Gasteiger partial charge < -0.3 is 0 Å². The molecule has 0 radical (unpaired) electrons. The summed E-state index contributed by atoms with van der Waals surface area (Å²) in [6.07, 6.45) is 1.37. The maximum absolute atomic E-state index is 13.0. The summed E-state index contributed by atoms with van der Waals surface area (Å²) in [5, 5.41) is 0. The quantitative estimate of drug-likeness (QED) is 0.345. The molecule has 0 fully saturated rings. The molecule has 0 saturated heterocycles. The number of carbonyl (C=O) groups excluding carboxylic acids is 1. The molecule has 4 aromatic rings. The summed E-state index contributed by atoms with van der Waals surface area (Å²) in [6, 6.07) is 27.9. The smallest absolute Gasteiger partial charge is 0.193 e. The molecule has 0 aliphatic carbocycles. The van der Waals surface area contributed by atoms with Gasteiger partial charge in [0.15, 0.2) is 5.78 Å². The van der Waals surface area contributed by atoms with Gasteiger partial charge in [0.25, 0.3) is 0 Å². The van der Waals surface area contributed by atoms with Crippen molar-refractivity contribution in [3.8, 4) is 0 Å². The second-order valence-electron chi connectivity index (χ2n) is 7.33. The van der Waals surface area contributed by atoms with Gasteiger partial charge in [-0.3, -0.25) is 4.79 Å². The Kier molecular flexibility index (Phi) is 5.80. The van der Waals surface area contributed by atoms with E-state index in [9.17, 15) is 13.6 Å². The minimum Gasteiger partial charge on any atom is -0.289 e. The molecule has 4 aromatic carbocycles. The maximum Gasteiger partial charge on any atom is 0.193 e. The van der Waals surface area contributed by atoms with E-state index >= 15 is 0 Å². The molecule has 0 spiro atoms. The lowest BCUT2D eigenvalue weighted by Gasteiger charge is -2.06. The summed E-state index contributed by atoms with van der Waals surface area (Å²) < 4.78 is 26.1. The van der Waals surface area contributed by atoms with Gasteiger partial charge in [-0.15, -0.1) is 0 Å². The van der Waals surface area contributed by atoms with Crippen LogP contribution in [-0.2, 0) is 12.8 Å². The second-order valence-corrected chi connectivity index (χ2v) is 7.33. The summed E-state index contributed by atoms with van der Waals surface area (Å²) in [5.41, 5.74) is 5.42. The molecule has 0 aromatic heterocycles. The molecule has 0 bridgehead atoms. The van der Waals surface area contributed by atoms with Crippen molar-refractivity contribution in [2.24, 2.45) is 0 Å². The van der Waals surface area contributed by atoms with Crippen LogP contribution in [0.3, 0.4) is 0 Å². The van der Waals surface area contributed by atoms with Crippen LogP contribution >= 0.6 is 0 Å². The van der Waals surface area contributed by atoms with Gasteiger partial charge in [-0.05, 0) is 59.4 Å². The molecular weight excluding hydrogens is 378 g/mol. The van der Waals surface area contributed by atoms with Crippen molar-refractivity contribution in [1.29, 1.82) is 0 Å². The van der Waals surface area contributed by atoms with Gasteiger partial charge in [-0.25, -0.2) is 8.78 Å². The molecule has 1 nitrogen and oxygen atoms in total. The number of hydrogen-bond acceptors (Lipinski definition) is 1. The Morgan fingerprint density at radius 1 is 0.467 bits per heavy atom. The highest BCUT2D eigenvalue weighted by Gasteiger charge is 2.09. The molecule has 148 valence electrons. The van der Waals surface area contributed by atoms with Crippen LogP contribution in [0.1, 0.15) is 38.2 Å². The molecule has 0 atom stereocenters. The normalized spacial score (nSPS) is 10.7. The second kappa shape index (κ2) is 8.83. The summed E-state index contributed by atoms with van der Waals surface area (Å²) in [5.74, 6) is -0.525. The zero-order valence-corrected chi connectivity index (χ0v) is 16.3. The maximum atomic E-state index is 13.0. The van der Waals surface area contributed by atoms with E-state index in [0.717, 1.165) is 22.3 Å². The highest BCUT2D eigenvalue weighted by Crippen LogP contribution is 2.17. The van der Waals surface area contributed by atoms with Crippen molar-refractivity contribution in [3.05, 3.63) is 142 Å². The molecule has 4 rings (SSSR count). The molecule has 0 N–H and O–H groups in total. The van der Waals surface area contributed by atoms with Crippen LogP contribution in [0.5, 0.6) is 0 Å². The molecule has 0 saturated carbocycles. The SMILES string of the molecule is O=C(c1ccc(Cc2ccc(F)cc2)cc1)c1ccc(Cc2ccc(F)cc2)cc1. The van der Waals surface area contributed by atoms with E-state index in [0.29, 0.717) is 24.0 Å². The third kappa shape index (κ3) is 4.87. The van der Waals surface area contributed by atoms with Gasteiger partial charge in [0.1, 0.15) is 11.6 Å². The van der Waals surface area contributed by atoms with E-state index in [1.807, 2.05) is 48.5 Å². The number of hydrogen-bond donors (Lipinski definition) is 0. The lowest BCUT2D eigenvalue weighted by Crippen LogP contribution is -2.02. The molecule has 0 unspecified atom stereocenters. The fourth-order valence-electron chi connectivity index (χ4n) is 3.39. The summed E-state index contributed by atoms with van der Waals surface area (Å²) in [4.78, 5) is 12.8. The van der Waals surface area contributed by atoms with Crippen LogP contribution < -0.4 is 0 Å². The average Bonchev–Trinajstić information content (AvgIpc) is 2.77. The van der Waals surface area contributed by atoms with E-state index in [2.05, 4.69) is 0 Å². The lowest BCUT2D eigenvalue weighted by atomic mass is 9.97. The largest absolute Gasteiger partial charge is 0.289 e. The first-order valence-corrected chi connectivity index (χ1v) is 9.78. The zero-order valence-electron chi connectivity index (χ0n) is 16.3. The number of carbonyl (C=O) groups is 1. The minimum absolute atomic E-state index is 0.0309. The van der Waals surface area contributed by atoms with Gasteiger partial charge in [-0.1, -0.05) is 72.8 Å². The summed E-state index contributed by atoms with van der Waals surface area (Å²) in [6.45, 7) is 0. The molecule has 0 heterocycles. The monoisotopic (exact) mass is 398 g/mol. The molecule has 0 aliphatic rings. The van der Waals surface area contributed by atoms with Crippen LogP contribution in [0.25, 0.3) is 0 Å². The van der Waals surface area contributed by atoms with E-state index in [1.54, 1.807) is 24.3 Å². The van der Waals surface area contributed by atoms with E-state index < -0.39 is 0 Å². The predicted molar refractivity (Wildman–Crippen MR) is 115 cm³/mol. The fourth-order valence-corrected chi connectivity index (χ4v) is 3.39. The standard InChI is InChI=1S/C27H20F2O/c28-25-13-5-21(6-14-25)17-19-1-9-23(10-2-19)27(30)24-11-3-20(4-12-24)18-22-7-15-26(29)16-8-22/h1-16H,17-18H2. The fraction of sp³-hybridized carbons (Fsp3) is 0.0741. The van der Waals surface area contributed by atoms with Crippen molar-refractivity contribution >= 4 is 5.78 Å². The topological polar surface area (TPSA) is 17.1 Å². The van der Waals surface area contributed by atoms with Crippen molar-refractivity contribution in [1.82, 2.24) is 0 Å². The van der Waals surface area contributed by atoms with Gasteiger partial charge in [0.05, 0.1) is 0 Å². The third-order valence-corrected chi connectivity index (χ3v) is 5.08. The Morgan fingerprint density at radius 2 is 0.733 bits per heavy atom. The molecule has 30 heavy (non-hydrogen) atoms. The van der Waals surface area contributed by atoms with Crippen molar-refractivity contribution in [2.45, 2.75) is 12.8 Å². The molecule has 3 heteroatoms. The van der Waals surface area contributed by atoms with Gasteiger partial charge in [0, 0.05) is 11.1 Å². The van der Waals surface area contributed by atoms with Crippen LogP contribution in [0.15, 0.2) is 97.1 Å². The van der Waals surface area contributed by atoms with Crippen LogP contribution in [0.2, 0.25) is 0 Å². The Morgan fingerprint density at radius 3 is 1.03 bits per heavy atom. The van der Waals surface area contributed by atoms with Crippen LogP contribution in [-0.4, -0.2) is 5.78 Å². The van der Waals surface area contributed by atoms with Crippen molar-refractivity contribution in [2.75, 3.05) is 0 Å². The molecule has 0 aliphatic heterocycles. The summed E-state index contributed by atoms with van der Waals surface area (Å²) in [7, 11) is 0. The molecular formula is C27H20F2O. The van der Waals surface area contributed by atoms with E-state index in [-0.39, 0.29) is 17.4 Å². The molecule has 0 amide bonds. The van der Waals surface area contributed by atoms with Crippen molar-refractivity contribution < 1.29 is 13.6 Å². The number of benzene rings is 4. The average molecular weight is 398 g/mol. The van der Waals surface area contributed by atoms with Crippen LogP contribution in [0.4, 0.5) is 8.78 Å². The van der Waals surface area contributed by atoms with E-state index in [1.165, 1.54) is 24.3 Å². The zero-order chi connectivity index (χ0) is 20.9. The highest BCUT2D eigenvalue weighted by molar-refractivity contribution is 6.09. The first kappa shape index (κ1) is 19.7. The van der Waals surface area contributed by atoms with Gasteiger partial charge in [0.2, 0.25) is 0 Å². The first-order chi connectivity index (χ1) is 14.6. The van der Waals surface area contributed by atoms with Crippen LogP contribution in [0, 0.1) is 11.6 Å². The number of rotatable bonds is 6. The number of ketones is 1. The lowest BCUT2D eigenvalue weighted by molar-refractivity contribution is 0.103. The Bertz CT molecular complexity index is 1030. The minimum atomic E-state index is -0.247. The Balaban J connectivity index is 1.42. The highest BCUT2D eigenvalue weighted by atomic mass is 19.1. The van der Waals surface area contributed by atoms with Crippen molar-refractivity contribution in [3.63, 3.8) is 0 Å². The van der Waals surface area contributed by atoms with Gasteiger partial charge in [-0.2, -0.15) is 0 Å².